The van der Waals surface area contributed by atoms with Crippen molar-refractivity contribution in [2.45, 2.75) is 40.2 Å². The van der Waals surface area contributed by atoms with Gasteiger partial charge in [0.25, 0.3) is 0 Å². The van der Waals surface area contributed by atoms with Crippen molar-refractivity contribution in [3.8, 4) is 0 Å². The summed E-state index contributed by atoms with van der Waals surface area (Å²) in [6, 6.07) is 13.1. The monoisotopic (exact) mass is 388 g/mol. The first kappa shape index (κ1) is 21.0. The van der Waals surface area contributed by atoms with E-state index in [1.54, 1.807) is 12.1 Å². The average Bonchev–Trinajstić information content (AvgIpc) is 2.58. The molecule has 0 unspecified atom stereocenters. The first-order valence-electron chi connectivity index (χ1n) is 9.03. The zero-order valence-corrected chi connectivity index (χ0v) is 17.4. The van der Waals surface area contributed by atoms with Gasteiger partial charge >= 0.3 is 0 Å². The maximum atomic E-state index is 12.7. The first-order valence-corrected chi connectivity index (χ1v) is 10.9. The Morgan fingerprint density at radius 3 is 2.30 bits per heavy atom. The maximum Gasteiger partial charge on any atom is 0.241 e. The molecule has 5 nitrogen and oxygen atoms in total. The van der Waals surface area contributed by atoms with E-state index in [2.05, 4.69) is 11.4 Å². The topological polar surface area (TPSA) is 66.5 Å². The summed E-state index contributed by atoms with van der Waals surface area (Å²) in [6.07, 6.45) is 1.84. The number of carbonyl (C=O) groups is 1. The second-order valence-corrected chi connectivity index (χ2v) is 8.85. The smallest absolute Gasteiger partial charge is 0.241 e. The van der Waals surface area contributed by atoms with Crippen LogP contribution in [0.3, 0.4) is 0 Å². The molecule has 1 N–H and O–H groups in total. The van der Waals surface area contributed by atoms with E-state index >= 15 is 0 Å². The van der Waals surface area contributed by atoms with Gasteiger partial charge in [-0.1, -0.05) is 48.9 Å². The quantitative estimate of drug-likeness (QED) is 0.787. The minimum atomic E-state index is -3.58. The Balaban J connectivity index is 2.23. The highest BCUT2D eigenvalue weighted by Crippen LogP contribution is 2.24. The van der Waals surface area contributed by atoms with Crippen LogP contribution in [0.4, 0.5) is 5.69 Å². The van der Waals surface area contributed by atoms with Gasteiger partial charge < -0.3 is 5.32 Å². The molecule has 2 aromatic carbocycles. The van der Waals surface area contributed by atoms with E-state index in [1.807, 2.05) is 52.0 Å². The molecular weight excluding hydrogens is 360 g/mol. The third-order valence-corrected chi connectivity index (χ3v) is 5.74. The molecule has 1 atom stereocenters. The van der Waals surface area contributed by atoms with Crippen LogP contribution in [0.1, 0.15) is 41.6 Å². The molecule has 2 rings (SSSR count). The molecule has 27 heavy (non-hydrogen) atoms. The van der Waals surface area contributed by atoms with Crippen LogP contribution in [0.2, 0.25) is 0 Å². The van der Waals surface area contributed by atoms with Crippen LogP contribution in [0.5, 0.6) is 0 Å². The molecule has 146 valence electrons. The second-order valence-electron chi connectivity index (χ2n) is 6.94. The number of para-hydroxylation sites is 1. The third kappa shape index (κ3) is 5.32. The highest BCUT2D eigenvalue weighted by molar-refractivity contribution is 7.92. The van der Waals surface area contributed by atoms with Crippen molar-refractivity contribution in [3.63, 3.8) is 0 Å². The molecular formula is C21H28N2O3S. The highest BCUT2D eigenvalue weighted by atomic mass is 32.2. The fourth-order valence-corrected chi connectivity index (χ4v) is 4.12. The lowest BCUT2D eigenvalue weighted by molar-refractivity contribution is -0.120. The summed E-state index contributed by atoms with van der Waals surface area (Å²) < 4.78 is 25.7. The first-order chi connectivity index (χ1) is 12.6. The summed E-state index contributed by atoms with van der Waals surface area (Å²) in [5.41, 5.74) is 4.66. The van der Waals surface area contributed by atoms with Crippen molar-refractivity contribution in [1.29, 1.82) is 0 Å². The van der Waals surface area contributed by atoms with Crippen LogP contribution in [-0.4, -0.2) is 27.1 Å². The third-order valence-electron chi connectivity index (χ3n) is 4.62. The van der Waals surface area contributed by atoms with Crippen molar-refractivity contribution in [2.75, 3.05) is 17.1 Å². The number of anilines is 1. The van der Waals surface area contributed by atoms with Gasteiger partial charge in [-0.25, -0.2) is 8.42 Å². The van der Waals surface area contributed by atoms with Gasteiger partial charge in [-0.15, -0.1) is 0 Å². The number of nitrogens with zero attached hydrogens (tertiary/aromatic N) is 1. The SMILES string of the molecule is CC[C@H](NC(=O)CN(c1ccccc1C)S(C)(=O)=O)c1ccc(C)cc1C. The minimum absolute atomic E-state index is 0.156. The Labute approximate surface area is 162 Å². The van der Waals surface area contributed by atoms with Crippen LogP contribution in [0.15, 0.2) is 42.5 Å². The van der Waals surface area contributed by atoms with E-state index in [0.29, 0.717) is 5.69 Å². The van der Waals surface area contributed by atoms with Gasteiger partial charge in [-0.2, -0.15) is 0 Å². The summed E-state index contributed by atoms with van der Waals surface area (Å²) in [4.78, 5) is 12.7. The molecule has 0 aliphatic carbocycles. The number of nitrogens with one attached hydrogen (secondary N) is 1. The van der Waals surface area contributed by atoms with Gasteiger partial charge in [-0.05, 0) is 49.9 Å². The fraction of sp³-hybridized carbons (Fsp3) is 0.381. The van der Waals surface area contributed by atoms with Gasteiger partial charge in [0, 0.05) is 0 Å². The summed E-state index contributed by atoms with van der Waals surface area (Å²) >= 11 is 0. The van der Waals surface area contributed by atoms with E-state index in [9.17, 15) is 13.2 Å². The second kappa shape index (κ2) is 8.57. The molecule has 0 heterocycles. The number of benzene rings is 2. The van der Waals surface area contributed by atoms with Gasteiger partial charge in [0.2, 0.25) is 15.9 Å². The Morgan fingerprint density at radius 2 is 1.74 bits per heavy atom. The predicted molar refractivity (Wildman–Crippen MR) is 110 cm³/mol. The van der Waals surface area contributed by atoms with Gasteiger partial charge in [-0.3, -0.25) is 9.10 Å². The molecule has 0 fully saturated rings. The minimum Gasteiger partial charge on any atom is -0.348 e. The molecule has 0 bridgehead atoms. The van der Waals surface area contributed by atoms with Gasteiger partial charge in [0.15, 0.2) is 0 Å². The zero-order valence-electron chi connectivity index (χ0n) is 16.6. The zero-order chi connectivity index (χ0) is 20.2. The Morgan fingerprint density at radius 1 is 1.07 bits per heavy atom. The largest absolute Gasteiger partial charge is 0.348 e. The molecule has 0 saturated heterocycles. The molecule has 0 aromatic heterocycles. The standard InChI is InChI=1S/C21H28N2O3S/c1-6-19(18-12-11-15(2)13-17(18)4)22-21(24)14-23(27(5,25)26)20-10-8-7-9-16(20)3/h7-13,19H,6,14H2,1-5H3,(H,22,24)/t19-/m0/s1. The molecule has 0 aliphatic rings. The van der Waals surface area contributed by atoms with E-state index in [1.165, 1.54) is 5.56 Å². The number of hydrogen-bond donors (Lipinski definition) is 1. The summed E-state index contributed by atoms with van der Waals surface area (Å²) in [6.45, 7) is 7.64. The predicted octanol–water partition coefficient (Wildman–Crippen LogP) is 3.65. The maximum absolute atomic E-state index is 12.7. The summed E-state index contributed by atoms with van der Waals surface area (Å²) in [7, 11) is -3.58. The Kier molecular flexibility index (Phi) is 6.65. The van der Waals surface area contributed by atoms with Crippen molar-refractivity contribution >= 4 is 21.6 Å². The van der Waals surface area contributed by atoms with Crippen molar-refractivity contribution < 1.29 is 13.2 Å². The lowest BCUT2D eigenvalue weighted by Gasteiger charge is -2.26. The van der Waals surface area contributed by atoms with Crippen LogP contribution >= 0.6 is 0 Å². The van der Waals surface area contributed by atoms with Crippen LogP contribution in [-0.2, 0) is 14.8 Å². The average molecular weight is 389 g/mol. The molecule has 6 heteroatoms. The number of aryl methyl sites for hydroxylation is 3. The van der Waals surface area contributed by atoms with E-state index < -0.39 is 10.0 Å². The van der Waals surface area contributed by atoms with Crippen LogP contribution in [0.25, 0.3) is 0 Å². The molecule has 0 radical (unpaired) electrons. The molecule has 0 saturated carbocycles. The van der Waals surface area contributed by atoms with E-state index in [-0.39, 0.29) is 18.5 Å². The lowest BCUT2D eigenvalue weighted by atomic mass is 9.97. The summed E-state index contributed by atoms with van der Waals surface area (Å²) in [5, 5.41) is 2.99. The van der Waals surface area contributed by atoms with Gasteiger partial charge in [0.1, 0.15) is 6.54 Å². The highest BCUT2D eigenvalue weighted by Gasteiger charge is 2.24. The normalized spacial score (nSPS) is 12.5. The van der Waals surface area contributed by atoms with Crippen LogP contribution < -0.4 is 9.62 Å². The van der Waals surface area contributed by atoms with E-state index in [0.717, 1.165) is 33.7 Å². The van der Waals surface area contributed by atoms with Crippen molar-refractivity contribution in [1.82, 2.24) is 5.32 Å². The molecule has 0 spiro atoms. The molecule has 0 aliphatic heterocycles. The Bertz CT molecular complexity index is 923. The lowest BCUT2D eigenvalue weighted by Crippen LogP contribution is -2.41. The van der Waals surface area contributed by atoms with Crippen molar-refractivity contribution in [3.05, 3.63) is 64.7 Å². The molecule has 1 amide bonds. The van der Waals surface area contributed by atoms with Gasteiger partial charge in [0.05, 0.1) is 18.0 Å². The number of sulfonamides is 1. The number of carbonyl (C=O) groups excluding carboxylic acids is 1. The van der Waals surface area contributed by atoms with E-state index in [4.69, 9.17) is 0 Å². The number of hydrogen-bond acceptors (Lipinski definition) is 3. The Hall–Kier alpha value is -2.34. The summed E-state index contributed by atoms with van der Waals surface area (Å²) in [5.74, 6) is -0.324. The number of rotatable bonds is 7. The van der Waals surface area contributed by atoms with Crippen LogP contribution in [0, 0.1) is 20.8 Å². The number of amides is 1. The molecule has 2 aromatic rings. The van der Waals surface area contributed by atoms with Crippen molar-refractivity contribution in [2.24, 2.45) is 0 Å². The fourth-order valence-electron chi connectivity index (χ4n) is 3.21.